The van der Waals surface area contributed by atoms with Crippen LogP contribution >= 0.6 is 11.3 Å². The summed E-state index contributed by atoms with van der Waals surface area (Å²) in [5.41, 5.74) is 1.47. The largest absolute Gasteiger partial charge is 0.349 e. The number of carbonyl (C=O) groups is 2. The van der Waals surface area contributed by atoms with Crippen molar-refractivity contribution in [1.82, 2.24) is 19.9 Å². The Hall–Kier alpha value is -2.54. The summed E-state index contributed by atoms with van der Waals surface area (Å²) in [5, 5.41) is 10.9. The first-order chi connectivity index (χ1) is 11.5. The van der Waals surface area contributed by atoms with Crippen LogP contribution in [-0.2, 0) is 11.3 Å². The average Bonchev–Trinajstić information content (AvgIpc) is 3.13. The van der Waals surface area contributed by atoms with Crippen molar-refractivity contribution in [2.45, 2.75) is 33.2 Å². The molecule has 0 aromatic carbocycles. The van der Waals surface area contributed by atoms with Gasteiger partial charge in [-0.3, -0.25) is 14.0 Å². The fraction of sp³-hybridized carbons (Fsp3) is 0.294. The lowest BCUT2D eigenvalue weighted by Gasteiger charge is -2.04. The number of fused-ring (bicyclic) bond motifs is 1. The van der Waals surface area contributed by atoms with Crippen molar-refractivity contribution in [3.63, 3.8) is 0 Å². The van der Waals surface area contributed by atoms with Crippen LogP contribution in [0.15, 0.2) is 30.5 Å². The molecule has 3 aromatic heterocycles. The van der Waals surface area contributed by atoms with E-state index in [0.717, 1.165) is 21.0 Å². The maximum atomic E-state index is 12.2. The van der Waals surface area contributed by atoms with Crippen LogP contribution < -0.4 is 5.32 Å². The molecule has 0 unspecified atom stereocenters. The fourth-order valence-corrected chi connectivity index (χ4v) is 3.49. The van der Waals surface area contributed by atoms with Crippen LogP contribution in [-0.4, -0.2) is 26.3 Å². The third-order valence-corrected chi connectivity index (χ3v) is 4.71. The number of nitrogens with zero attached hydrogens (tertiary/aromatic N) is 3. The van der Waals surface area contributed by atoms with E-state index in [1.54, 1.807) is 11.3 Å². The Balaban J connectivity index is 1.53. The summed E-state index contributed by atoms with van der Waals surface area (Å²) in [6.45, 7) is 4.19. The average molecular weight is 342 g/mol. The molecule has 7 heteroatoms. The van der Waals surface area contributed by atoms with Crippen LogP contribution in [0.1, 0.15) is 38.8 Å². The van der Waals surface area contributed by atoms with Gasteiger partial charge in [-0.05, 0) is 32.0 Å². The van der Waals surface area contributed by atoms with Crippen molar-refractivity contribution >= 4 is 28.7 Å². The number of hydrogen-bond acceptors (Lipinski definition) is 5. The lowest BCUT2D eigenvalue weighted by atomic mass is 10.1. The molecule has 1 amide bonds. The normalized spacial score (nSPS) is 10.9. The van der Waals surface area contributed by atoms with E-state index < -0.39 is 0 Å². The van der Waals surface area contributed by atoms with Crippen LogP contribution in [0, 0.1) is 13.8 Å². The Morgan fingerprint density at radius 1 is 1.21 bits per heavy atom. The molecule has 0 saturated heterocycles. The van der Waals surface area contributed by atoms with Crippen molar-refractivity contribution in [1.29, 1.82) is 0 Å². The zero-order valence-corrected chi connectivity index (χ0v) is 14.4. The van der Waals surface area contributed by atoms with Gasteiger partial charge in [-0.25, -0.2) is 0 Å². The molecule has 0 atom stereocenters. The molecule has 6 nitrogen and oxygen atoms in total. The minimum Gasteiger partial charge on any atom is -0.349 e. The summed E-state index contributed by atoms with van der Waals surface area (Å²) >= 11 is 1.60. The number of nitrogens with one attached hydrogen (secondary N) is 1. The molecule has 24 heavy (non-hydrogen) atoms. The van der Waals surface area contributed by atoms with Gasteiger partial charge in [0, 0.05) is 34.4 Å². The summed E-state index contributed by atoms with van der Waals surface area (Å²) in [4.78, 5) is 26.3. The number of amides is 1. The topological polar surface area (TPSA) is 76.4 Å². The van der Waals surface area contributed by atoms with E-state index in [4.69, 9.17) is 0 Å². The van der Waals surface area contributed by atoms with Gasteiger partial charge in [0.15, 0.2) is 17.3 Å². The highest BCUT2D eigenvalue weighted by molar-refractivity contribution is 7.12. The van der Waals surface area contributed by atoms with Crippen molar-refractivity contribution in [2.24, 2.45) is 0 Å². The maximum absolute atomic E-state index is 12.2. The lowest BCUT2D eigenvalue weighted by molar-refractivity contribution is -0.121. The van der Waals surface area contributed by atoms with Crippen LogP contribution in [0.3, 0.4) is 0 Å². The number of aromatic nitrogens is 3. The summed E-state index contributed by atoms with van der Waals surface area (Å²) in [6, 6.07) is 7.50. The van der Waals surface area contributed by atoms with E-state index in [9.17, 15) is 9.59 Å². The minimum atomic E-state index is -0.166. The highest BCUT2D eigenvalue weighted by atomic mass is 32.1. The highest BCUT2D eigenvalue weighted by Crippen LogP contribution is 2.22. The molecule has 3 rings (SSSR count). The van der Waals surface area contributed by atoms with Gasteiger partial charge < -0.3 is 5.32 Å². The zero-order chi connectivity index (χ0) is 17.1. The molecule has 0 aliphatic rings. The molecule has 0 spiro atoms. The van der Waals surface area contributed by atoms with Gasteiger partial charge in [-0.15, -0.1) is 21.5 Å². The minimum absolute atomic E-state index is 0.0138. The molecule has 0 radical (unpaired) electrons. The number of hydrogen-bond donors (Lipinski definition) is 1. The Morgan fingerprint density at radius 2 is 2.04 bits per heavy atom. The Morgan fingerprint density at radius 3 is 2.79 bits per heavy atom. The van der Waals surface area contributed by atoms with Gasteiger partial charge in [0.2, 0.25) is 5.91 Å². The molecule has 0 aliphatic carbocycles. The van der Waals surface area contributed by atoms with E-state index in [-0.39, 0.29) is 31.1 Å². The second-order valence-corrected chi connectivity index (χ2v) is 7.03. The third kappa shape index (κ3) is 3.51. The smallest absolute Gasteiger partial charge is 0.220 e. The monoisotopic (exact) mass is 342 g/mol. The van der Waals surface area contributed by atoms with Crippen molar-refractivity contribution in [2.75, 3.05) is 0 Å². The second-order valence-electron chi connectivity index (χ2n) is 5.57. The molecule has 124 valence electrons. The van der Waals surface area contributed by atoms with Gasteiger partial charge in [-0.1, -0.05) is 6.07 Å². The summed E-state index contributed by atoms with van der Waals surface area (Å²) < 4.78 is 1.82. The predicted octanol–water partition coefficient (Wildman–Crippen LogP) is 2.69. The maximum Gasteiger partial charge on any atom is 0.220 e. The van der Waals surface area contributed by atoms with Gasteiger partial charge in [0.05, 0.1) is 6.54 Å². The first kappa shape index (κ1) is 16.3. The second kappa shape index (κ2) is 6.92. The number of thiophene rings is 1. The predicted molar refractivity (Wildman–Crippen MR) is 92.2 cm³/mol. The first-order valence-corrected chi connectivity index (χ1v) is 8.52. The van der Waals surface area contributed by atoms with Crippen molar-refractivity contribution in [3.8, 4) is 0 Å². The quantitative estimate of drug-likeness (QED) is 0.699. The van der Waals surface area contributed by atoms with Crippen molar-refractivity contribution < 1.29 is 9.59 Å². The van der Waals surface area contributed by atoms with Crippen LogP contribution in [0.25, 0.3) is 5.65 Å². The number of aryl methyl sites for hydroxylation is 2. The van der Waals surface area contributed by atoms with E-state index in [1.165, 1.54) is 0 Å². The Labute approximate surface area is 143 Å². The number of carbonyl (C=O) groups excluding carboxylic acids is 2. The molecule has 0 saturated carbocycles. The van der Waals surface area contributed by atoms with Crippen LogP contribution in [0.5, 0.6) is 0 Å². The molecule has 1 N–H and O–H groups in total. The van der Waals surface area contributed by atoms with E-state index in [1.807, 2.05) is 48.7 Å². The van der Waals surface area contributed by atoms with Crippen LogP contribution in [0.2, 0.25) is 0 Å². The molecular formula is C17H18N4O2S. The first-order valence-electron chi connectivity index (χ1n) is 7.70. The number of pyridine rings is 1. The van der Waals surface area contributed by atoms with E-state index >= 15 is 0 Å². The molecule has 3 aromatic rings. The van der Waals surface area contributed by atoms with Crippen LogP contribution in [0.4, 0.5) is 0 Å². The van der Waals surface area contributed by atoms with E-state index in [2.05, 4.69) is 15.5 Å². The summed E-state index contributed by atoms with van der Waals surface area (Å²) in [6.07, 6.45) is 2.23. The standard InChI is InChI=1S/C17H18N4O2S/c1-11-9-13(12(2)24-11)14(22)6-7-17(23)18-10-16-20-19-15-5-3-4-8-21(15)16/h3-5,8-9H,6-7,10H2,1-2H3,(H,18,23). The van der Waals surface area contributed by atoms with E-state index in [0.29, 0.717) is 5.82 Å². The Kier molecular flexibility index (Phi) is 4.71. The lowest BCUT2D eigenvalue weighted by Crippen LogP contribution is -2.24. The summed E-state index contributed by atoms with van der Waals surface area (Å²) in [7, 11) is 0. The van der Waals surface area contributed by atoms with Gasteiger partial charge in [-0.2, -0.15) is 0 Å². The molecule has 3 heterocycles. The highest BCUT2D eigenvalue weighted by Gasteiger charge is 2.14. The van der Waals surface area contributed by atoms with Gasteiger partial charge >= 0.3 is 0 Å². The number of rotatable bonds is 6. The number of ketones is 1. The summed E-state index contributed by atoms with van der Waals surface area (Å²) in [5.74, 6) is 0.509. The van der Waals surface area contributed by atoms with Gasteiger partial charge in [0.1, 0.15) is 0 Å². The molecule has 0 bridgehead atoms. The van der Waals surface area contributed by atoms with Crippen molar-refractivity contribution in [3.05, 3.63) is 51.6 Å². The number of Topliss-reactive ketones (excluding diaryl/α,β-unsaturated/α-hetero) is 1. The fourth-order valence-electron chi connectivity index (χ4n) is 2.55. The third-order valence-electron chi connectivity index (χ3n) is 3.75. The van der Waals surface area contributed by atoms with Gasteiger partial charge in [0.25, 0.3) is 0 Å². The SMILES string of the molecule is Cc1cc(C(=O)CCC(=O)NCc2nnc3ccccn23)c(C)s1. The Bertz CT molecular complexity index is 897. The molecular weight excluding hydrogens is 324 g/mol. The molecule has 0 fully saturated rings. The molecule has 0 aliphatic heterocycles. The zero-order valence-electron chi connectivity index (χ0n) is 13.6.